The lowest BCUT2D eigenvalue weighted by molar-refractivity contribution is 1.38. The van der Waals surface area contributed by atoms with Crippen molar-refractivity contribution in [3.63, 3.8) is 0 Å². The smallest absolute Gasteiger partial charge is 0.00672 e. The van der Waals surface area contributed by atoms with Gasteiger partial charge in [0.15, 0.2) is 0 Å². The Bertz CT molecular complexity index is 823. The van der Waals surface area contributed by atoms with E-state index in [1.165, 1.54) is 44.5 Å². The van der Waals surface area contributed by atoms with E-state index in [1.807, 2.05) is 0 Å². The molecule has 0 aliphatic heterocycles. The first-order valence-electron chi connectivity index (χ1n) is 7.73. The van der Waals surface area contributed by atoms with Crippen LogP contribution in [0.15, 0.2) is 60.7 Å². The lowest BCUT2D eigenvalue weighted by Gasteiger charge is -2.21. The molecule has 0 unspecified atom stereocenters. The van der Waals surface area contributed by atoms with Crippen molar-refractivity contribution in [2.45, 2.75) is 13.8 Å². The zero-order valence-electron chi connectivity index (χ0n) is 12.9. The van der Waals surface area contributed by atoms with Crippen LogP contribution in [0, 0.1) is 13.8 Å². The second-order valence-electron chi connectivity index (χ2n) is 5.96. The van der Waals surface area contributed by atoms with Crippen LogP contribution in [0.4, 0.5) is 0 Å². The fourth-order valence-corrected chi connectivity index (χ4v) is 3.42. The average Bonchev–Trinajstić information content (AvgIpc) is 2.54. The van der Waals surface area contributed by atoms with E-state index in [1.54, 1.807) is 0 Å². The normalized spacial score (nSPS) is 13.4. The minimum atomic E-state index is 1.28. The Hall–Kier alpha value is -2.60. The van der Waals surface area contributed by atoms with Gasteiger partial charge >= 0.3 is 0 Å². The molecule has 0 N–H and O–H groups in total. The molecule has 0 heterocycles. The van der Waals surface area contributed by atoms with Gasteiger partial charge < -0.3 is 0 Å². The number of hydrogen-bond acceptors (Lipinski definition) is 0. The minimum absolute atomic E-state index is 1.28. The summed E-state index contributed by atoms with van der Waals surface area (Å²) >= 11 is 0. The molecule has 3 aromatic carbocycles. The maximum absolute atomic E-state index is 2.24. The molecule has 0 aromatic heterocycles. The molecule has 0 spiro atoms. The van der Waals surface area contributed by atoms with Gasteiger partial charge in [-0.1, -0.05) is 72.8 Å². The van der Waals surface area contributed by atoms with Gasteiger partial charge in [0.2, 0.25) is 0 Å². The van der Waals surface area contributed by atoms with Crippen LogP contribution in [0.1, 0.15) is 22.3 Å². The zero-order valence-corrected chi connectivity index (χ0v) is 12.9. The molecular formula is C22H18. The van der Waals surface area contributed by atoms with Crippen LogP contribution in [0.3, 0.4) is 0 Å². The highest BCUT2D eigenvalue weighted by atomic mass is 14.2. The fraction of sp³-hybridized carbons (Fsp3) is 0.0909. The molecule has 0 fully saturated rings. The summed E-state index contributed by atoms with van der Waals surface area (Å²) in [4.78, 5) is 0. The summed E-state index contributed by atoms with van der Waals surface area (Å²) in [5.74, 6) is 0. The van der Waals surface area contributed by atoms with Crippen LogP contribution in [0.25, 0.3) is 34.4 Å². The molecule has 0 nitrogen and oxygen atoms in total. The first-order chi connectivity index (χ1) is 10.8. The van der Waals surface area contributed by atoms with Gasteiger partial charge in [-0.2, -0.15) is 0 Å². The Labute approximate surface area is 131 Å². The van der Waals surface area contributed by atoms with E-state index in [-0.39, 0.29) is 0 Å². The summed E-state index contributed by atoms with van der Waals surface area (Å²) in [5, 5.41) is 0. The first kappa shape index (κ1) is 13.1. The van der Waals surface area contributed by atoms with Crippen molar-refractivity contribution in [3.05, 3.63) is 82.9 Å². The number of benzene rings is 3. The lowest BCUT2D eigenvalue weighted by Crippen LogP contribution is -1.97. The topological polar surface area (TPSA) is 0 Å². The van der Waals surface area contributed by atoms with Crippen molar-refractivity contribution >= 4 is 12.2 Å². The van der Waals surface area contributed by atoms with Gasteiger partial charge in [-0.05, 0) is 58.4 Å². The molecule has 0 radical (unpaired) electrons. The maximum atomic E-state index is 2.24. The van der Waals surface area contributed by atoms with Gasteiger partial charge in [0, 0.05) is 0 Å². The Kier molecular flexibility index (Phi) is 2.97. The third-order valence-electron chi connectivity index (χ3n) is 4.52. The Morgan fingerprint density at radius 3 is 1.36 bits per heavy atom. The van der Waals surface area contributed by atoms with Crippen molar-refractivity contribution in [1.82, 2.24) is 0 Å². The summed E-state index contributed by atoms with van der Waals surface area (Å²) in [7, 11) is 0. The largest absolute Gasteiger partial charge is 0.0616 e. The fourth-order valence-electron chi connectivity index (χ4n) is 3.42. The third-order valence-corrected chi connectivity index (χ3v) is 4.52. The molecule has 0 heteroatoms. The van der Waals surface area contributed by atoms with Crippen LogP contribution in [-0.4, -0.2) is 0 Å². The van der Waals surface area contributed by atoms with Crippen LogP contribution < -0.4 is 0 Å². The highest BCUT2D eigenvalue weighted by Crippen LogP contribution is 2.42. The Morgan fingerprint density at radius 2 is 0.909 bits per heavy atom. The molecule has 0 amide bonds. The number of aryl methyl sites for hydroxylation is 2. The van der Waals surface area contributed by atoms with Gasteiger partial charge in [-0.15, -0.1) is 0 Å². The first-order valence-corrected chi connectivity index (χ1v) is 7.73. The summed E-state index contributed by atoms with van der Waals surface area (Å²) in [6, 6.07) is 21.8. The van der Waals surface area contributed by atoms with E-state index in [9.17, 15) is 0 Å². The highest BCUT2D eigenvalue weighted by Gasteiger charge is 2.18. The molecule has 0 saturated carbocycles. The Morgan fingerprint density at radius 1 is 0.500 bits per heavy atom. The van der Waals surface area contributed by atoms with Crippen LogP contribution >= 0.6 is 0 Å². The highest BCUT2D eigenvalue weighted by molar-refractivity contribution is 5.97. The molecule has 0 saturated heterocycles. The summed E-state index contributed by atoms with van der Waals surface area (Å²) < 4.78 is 0. The van der Waals surface area contributed by atoms with Crippen molar-refractivity contribution in [1.29, 1.82) is 0 Å². The number of rotatable bonds is 0. The second-order valence-corrected chi connectivity index (χ2v) is 5.96. The SMILES string of the molecule is Cc1ccc(C)c2c1-c1ccccc1/C=C\c1ccccc1-2. The van der Waals surface area contributed by atoms with Crippen LogP contribution in [0.2, 0.25) is 0 Å². The van der Waals surface area contributed by atoms with Gasteiger partial charge in [0.25, 0.3) is 0 Å². The summed E-state index contributed by atoms with van der Waals surface area (Å²) in [6.07, 6.45) is 4.47. The van der Waals surface area contributed by atoms with Gasteiger partial charge in [0.1, 0.15) is 0 Å². The van der Waals surface area contributed by atoms with Gasteiger partial charge in [-0.25, -0.2) is 0 Å². The van der Waals surface area contributed by atoms with Gasteiger partial charge in [-0.3, -0.25) is 0 Å². The third kappa shape index (κ3) is 1.92. The quantitative estimate of drug-likeness (QED) is 0.364. The molecule has 0 atom stereocenters. The molecule has 1 aliphatic rings. The van der Waals surface area contributed by atoms with E-state index < -0.39 is 0 Å². The minimum Gasteiger partial charge on any atom is -0.0616 e. The standard InChI is InChI=1S/C22H18/c1-15-11-12-16(2)22-20-10-6-4-8-18(20)14-13-17-7-3-5-9-19(17)21(15)22/h3-14H,1-2H3/b14-13-,17-13?,18-14?,21-19?,22-20?. The number of fused-ring (bicyclic) bond motifs is 5. The molecule has 1 aliphatic carbocycles. The van der Waals surface area contributed by atoms with Crippen LogP contribution in [-0.2, 0) is 0 Å². The molecule has 22 heavy (non-hydrogen) atoms. The number of hydrogen-bond donors (Lipinski definition) is 0. The monoisotopic (exact) mass is 282 g/mol. The Balaban J connectivity index is 2.21. The van der Waals surface area contributed by atoms with Crippen LogP contribution in [0.5, 0.6) is 0 Å². The van der Waals surface area contributed by atoms with Crippen molar-refractivity contribution in [3.8, 4) is 22.3 Å². The summed E-state index contributed by atoms with van der Waals surface area (Å²) in [6.45, 7) is 4.42. The maximum Gasteiger partial charge on any atom is -0.00672 e. The average molecular weight is 282 g/mol. The second kappa shape index (κ2) is 4.99. The van der Waals surface area contributed by atoms with E-state index >= 15 is 0 Å². The molecule has 0 bridgehead atoms. The summed E-state index contributed by atoms with van der Waals surface area (Å²) in [5.41, 5.74) is 10.6. The van der Waals surface area contributed by atoms with Crippen molar-refractivity contribution < 1.29 is 0 Å². The van der Waals surface area contributed by atoms with E-state index in [2.05, 4.69) is 86.7 Å². The molecule has 106 valence electrons. The van der Waals surface area contributed by atoms with E-state index in [0.29, 0.717) is 0 Å². The predicted molar refractivity (Wildman–Crippen MR) is 95.7 cm³/mol. The molecule has 3 aromatic rings. The van der Waals surface area contributed by atoms with Crippen molar-refractivity contribution in [2.24, 2.45) is 0 Å². The van der Waals surface area contributed by atoms with Gasteiger partial charge in [0.05, 0.1) is 0 Å². The molecule has 4 rings (SSSR count). The molecular weight excluding hydrogens is 264 g/mol. The van der Waals surface area contributed by atoms with Crippen molar-refractivity contribution in [2.75, 3.05) is 0 Å². The zero-order chi connectivity index (χ0) is 15.1. The lowest BCUT2D eigenvalue weighted by atomic mass is 9.83. The van der Waals surface area contributed by atoms with E-state index in [4.69, 9.17) is 0 Å². The van der Waals surface area contributed by atoms with E-state index in [0.717, 1.165) is 0 Å². The predicted octanol–water partition coefficient (Wildman–Crippen LogP) is 6.12.